The minimum atomic E-state index is -0.0813. The summed E-state index contributed by atoms with van der Waals surface area (Å²) in [5.41, 5.74) is 2.89. The van der Waals surface area contributed by atoms with Gasteiger partial charge in [0.2, 0.25) is 5.91 Å². The van der Waals surface area contributed by atoms with Crippen molar-refractivity contribution in [2.75, 3.05) is 11.9 Å². The molecule has 4 aromatic rings. The standard InChI is InChI=1S/C26H25N5OS/c1-30-15-12-19(17-30)25-24(22-10-4-5-14-27-22)29-26(33)31(25)16-13-23(32)28-21-11-6-8-18-7-2-3-9-20(18)21/h2-12,14-15,17,24-25H,13,16H2,1H3,(H,28,32)(H,29,33)/t24-,25-/m1/s1. The number of nitrogens with one attached hydrogen (secondary N) is 2. The van der Waals surface area contributed by atoms with Crippen LogP contribution in [0.3, 0.4) is 0 Å². The number of thiocarbonyl (C=S) groups is 1. The Hall–Kier alpha value is -3.71. The molecule has 1 amide bonds. The number of amides is 1. The summed E-state index contributed by atoms with van der Waals surface area (Å²) in [7, 11) is 2.00. The molecule has 166 valence electrons. The minimum Gasteiger partial charge on any atom is -0.357 e. The van der Waals surface area contributed by atoms with Crippen LogP contribution in [-0.2, 0) is 11.8 Å². The number of carbonyl (C=O) groups excluding carboxylic acids is 1. The molecule has 1 saturated heterocycles. The Bertz CT molecular complexity index is 1300. The predicted octanol–water partition coefficient (Wildman–Crippen LogP) is 4.57. The number of aryl methyl sites for hydroxylation is 1. The molecule has 3 heterocycles. The normalized spacial score (nSPS) is 17.8. The summed E-state index contributed by atoms with van der Waals surface area (Å²) >= 11 is 5.69. The SMILES string of the molecule is Cn1ccc([C@@H]2[C@@H](c3ccccn3)NC(=S)N2CCC(=O)Nc2cccc3ccccc23)c1. The van der Waals surface area contributed by atoms with E-state index in [9.17, 15) is 4.79 Å². The molecule has 2 N–H and O–H groups in total. The van der Waals surface area contributed by atoms with Gasteiger partial charge in [0.1, 0.15) is 0 Å². The first-order chi connectivity index (χ1) is 16.1. The number of aromatic nitrogens is 2. The maximum Gasteiger partial charge on any atom is 0.226 e. The number of rotatable bonds is 6. The van der Waals surface area contributed by atoms with Crippen molar-refractivity contribution in [1.29, 1.82) is 0 Å². The minimum absolute atomic E-state index is 0.0396. The molecule has 33 heavy (non-hydrogen) atoms. The summed E-state index contributed by atoms with van der Waals surface area (Å²) < 4.78 is 2.03. The van der Waals surface area contributed by atoms with Crippen LogP contribution < -0.4 is 10.6 Å². The van der Waals surface area contributed by atoms with Crippen LogP contribution in [0.4, 0.5) is 5.69 Å². The fourth-order valence-corrected chi connectivity index (χ4v) is 4.81. The number of pyridine rings is 1. The molecular weight excluding hydrogens is 430 g/mol. The van der Waals surface area contributed by atoms with E-state index in [1.165, 1.54) is 0 Å². The third kappa shape index (κ3) is 4.32. The number of hydrogen-bond donors (Lipinski definition) is 2. The Kier molecular flexibility index (Phi) is 5.79. The summed E-state index contributed by atoms with van der Waals surface area (Å²) in [6.07, 6.45) is 6.24. The Morgan fingerprint density at radius 3 is 2.70 bits per heavy atom. The maximum absolute atomic E-state index is 12.9. The first-order valence-corrected chi connectivity index (χ1v) is 11.4. The summed E-state index contributed by atoms with van der Waals surface area (Å²) in [4.78, 5) is 19.6. The zero-order chi connectivity index (χ0) is 22.8. The van der Waals surface area contributed by atoms with Crippen molar-refractivity contribution in [2.45, 2.75) is 18.5 Å². The van der Waals surface area contributed by atoms with E-state index in [1.807, 2.05) is 78.5 Å². The van der Waals surface area contributed by atoms with Gasteiger partial charge < -0.3 is 20.1 Å². The molecule has 0 aliphatic carbocycles. The van der Waals surface area contributed by atoms with Gasteiger partial charge in [-0.05, 0) is 47.4 Å². The molecule has 2 aromatic carbocycles. The molecule has 0 bridgehead atoms. The van der Waals surface area contributed by atoms with E-state index in [-0.39, 0.29) is 18.0 Å². The zero-order valence-electron chi connectivity index (χ0n) is 18.3. The van der Waals surface area contributed by atoms with E-state index in [1.54, 1.807) is 6.20 Å². The van der Waals surface area contributed by atoms with Gasteiger partial charge >= 0.3 is 0 Å². The second-order valence-electron chi connectivity index (χ2n) is 8.26. The number of fused-ring (bicyclic) bond motifs is 1. The summed E-state index contributed by atoms with van der Waals surface area (Å²) in [5, 5.41) is 9.28. The Labute approximate surface area is 198 Å². The van der Waals surface area contributed by atoms with Crippen LogP contribution in [0.2, 0.25) is 0 Å². The van der Waals surface area contributed by atoms with E-state index in [2.05, 4.69) is 32.8 Å². The second kappa shape index (κ2) is 9.03. The molecular formula is C26H25N5OS. The lowest BCUT2D eigenvalue weighted by Gasteiger charge is -2.27. The predicted molar refractivity (Wildman–Crippen MR) is 135 cm³/mol. The van der Waals surface area contributed by atoms with Gasteiger partial charge in [0.15, 0.2) is 5.11 Å². The van der Waals surface area contributed by atoms with Crippen molar-refractivity contribution in [3.05, 3.63) is 96.6 Å². The Balaban J connectivity index is 1.35. The van der Waals surface area contributed by atoms with Crippen molar-refractivity contribution in [2.24, 2.45) is 7.05 Å². The van der Waals surface area contributed by atoms with Gasteiger partial charge in [-0.2, -0.15) is 0 Å². The number of carbonyl (C=O) groups is 1. The average molecular weight is 456 g/mol. The fraction of sp³-hybridized carbons (Fsp3) is 0.192. The number of anilines is 1. The van der Waals surface area contributed by atoms with Gasteiger partial charge in [-0.15, -0.1) is 0 Å². The van der Waals surface area contributed by atoms with Crippen LogP contribution in [0.1, 0.15) is 29.8 Å². The lowest BCUT2D eigenvalue weighted by atomic mass is 9.99. The lowest BCUT2D eigenvalue weighted by Crippen LogP contribution is -2.32. The molecule has 0 radical (unpaired) electrons. The molecule has 5 rings (SSSR count). The lowest BCUT2D eigenvalue weighted by molar-refractivity contribution is -0.116. The fourth-order valence-electron chi connectivity index (χ4n) is 4.48. The highest BCUT2D eigenvalue weighted by molar-refractivity contribution is 7.80. The smallest absolute Gasteiger partial charge is 0.226 e. The molecule has 1 aliphatic heterocycles. The molecule has 1 aliphatic rings. The van der Waals surface area contributed by atoms with E-state index >= 15 is 0 Å². The second-order valence-corrected chi connectivity index (χ2v) is 8.64. The topological polar surface area (TPSA) is 62.2 Å². The average Bonchev–Trinajstić information content (AvgIpc) is 3.41. The van der Waals surface area contributed by atoms with Gasteiger partial charge in [-0.3, -0.25) is 9.78 Å². The molecule has 2 aromatic heterocycles. The van der Waals surface area contributed by atoms with Crippen LogP contribution in [0.5, 0.6) is 0 Å². The van der Waals surface area contributed by atoms with Crippen molar-refractivity contribution in [3.63, 3.8) is 0 Å². The van der Waals surface area contributed by atoms with Gasteiger partial charge in [0.25, 0.3) is 0 Å². The van der Waals surface area contributed by atoms with Crippen molar-refractivity contribution < 1.29 is 4.79 Å². The third-order valence-electron chi connectivity index (χ3n) is 6.04. The van der Waals surface area contributed by atoms with Gasteiger partial charge in [0.05, 0.1) is 17.8 Å². The molecule has 0 unspecified atom stereocenters. The van der Waals surface area contributed by atoms with E-state index in [4.69, 9.17) is 12.2 Å². The van der Waals surface area contributed by atoms with Gasteiger partial charge in [-0.1, -0.05) is 42.5 Å². The van der Waals surface area contributed by atoms with Crippen LogP contribution in [0, 0.1) is 0 Å². The first kappa shape index (κ1) is 21.2. The van der Waals surface area contributed by atoms with Crippen molar-refractivity contribution >= 4 is 39.7 Å². The first-order valence-electron chi connectivity index (χ1n) is 11.0. The Morgan fingerprint density at radius 2 is 1.91 bits per heavy atom. The highest BCUT2D eigenvalue weighted by Gasteiger charge is 2.40. The van der Waals surface area contributed by atoms with E-state index in [0.717, 1.165) is 27.7 Å². The summed E-state index contributed by atoms with van der Waals surface area (Å²) in [5.74, 6) is -0.0396. The maximum atomic E-state index is 12.9. The zero-order valence-corrected chi connectivity index (χ0v) is 19.1. The molecule has 1 fully saturated rings. The molecule has 0 saturated carbocycles. The molecule has 7 heteroatoms. The molecule has 0 spiro atoms. The third-order valence-corrected chi connectivity index (χ3v) is 6.39. The van der Waals surface area contributed by atoms with Crippen LogP contribution in [-0.4, -0.2) is 32.0 Å². The van der Waals surface area contributed by atoms with Crippen molar-refractivity contribution in [3.8, 4) is 0 Å². The highest BCUT2D eigenvalue weighted by atomic mass is 32.1. The summed E-state index contributed by atoms with van der Waals surface area (Å²) in [6, 6.07) is 21.8. The van der Waals surface area contributed by atoms with E-state index in [0.29, 0.717) is 18.1 Å². The highest BCUT2D eigenvalue weighted by Crippen LogP contribution is 2.38. The molecule has 2 atom stereocenters. The number of nitrogens with zero attached hydrogens (tertiary/aromatic N) is 3. The Morgan fingerprint density at radius 1 is 1.09 bits per heavy atom. The number of hydrogen-bond acceptors (Lipinski definition) is 3. The van der Waals surface area contributed by atoms with Gasteiger partial charge in [0, 0.05) is 49.7 Å². The summed E-state index contributed by atoms with van der Waals surface area (Å²) in [6.45, 7) is 0.505. The van der Waals surface area contributed by atoms with Crippen LogP contribution in [0.25, 0.3) is 10.8 Å². The van der Waals surface area contributed by atoms with Gasteiger partial charge in [-0.25, -0.2) is 0 Å². The number of benzene rings is 2. The quantitative estimate of drug-likeness (QED) is 0.417. The monoisotopic (exact) mass is 455 g/mol. The van der Waals surface area contributed by atoms with Crippen molar-refractivity contribution in [1.82, 2.24) is 19.8 Å². The van der Waals surface area contributed by atoms with Crippen LogP contribution in [0.15, 0.2) is 85.3 Å². The largest absolute Gasteiger partial charge is 0.357 e. The van der Waals surface area contributed by atoms with E-state index < -0.39 is 0 Å². The molecule has 6 nitrogen and oxygen atoms in total. The van der Waals surface area contributed by atoms with Crippen LogP contribution >= 0.6 is 12.2 Å².